The molecule has 3 rings (SSSR count). The summed E-state index contributed by atoms with van der Waals surface area (Å²) < 4.78 is 12.1. The molecule has 0 amide bonds. The summed E-state index contributed by atoms with van der Waals surface area (Å²) in [6.07, 6.45) is 8.14. The van der Waals surface area contributed by atoms with Gasteiger partial charge in [0, 0.05) is 30.2 Å². The monoisotopic (exact) mass is 367 g/mol. The maximum absolute atomic E-state index is 6.10. The lowest BCUT2D eigenvalue weighted by Gasteiger charge is -2.26. The first-order chi connectivity index (χ1) is 12.5. The summed E-state index contributed by atoms with van der Waals surface area (Å²) in [5.41, 5.74) is 0. The SMILES string of the molecule is CC(C)N[C@@H]1COC(CC(C)N[C@H]2COC(CC(C)N3CCCC3)C2)C1. The first kappa shape index (κ1) is 20.5. The fraction of sp³-hybridized carbons (Fsp3) is 1.00. The molecule has 0 saturated carbocycles. The van der Waals surface area contributed by atoms with Crippen LogP contribution in [0.2, 0.25) is 0 Å². The van der Waals surface area contributed by atoms with Crippen LogP contribution in [0.5, 0.6) is 0 Å². The molecular weight excluding hydrogens is 326 g/mol. The van der Waals surface area contributed by atoms with Gasteiger partial charge in [-0.15, -0.1) is 0 Å². The molecule has 0 aromatic carbocycles. The molecule has 5 heteroatoms. The van der Waals surface area contributed by atoms with Gasteiger partial charge in [-0.1, -0.05) is 13.8 Å². The van der Waals surface area contributed by atoms with Crippen LogP contribution in [0.4, 0.5) is 0 Å². The molecule has 0 aromatic rings. The topological polar surface area (TPSA) is 45.8 Å². The van der Waals surface area contributed by atoms with Gasteiger partial charge in [-0.3, -0.25) is 0 Å². The van der Waals surface area contributed by atoms with Crippen LogP contribution in [0.15, 0.2) is 0 Å². The molecule has 26 heavy (non-hydrogen) atoms. The highest BCUT2D eigenvalue weighted by atomic mass is 16.5. The van der Waals surface area contributed by atoms with Gasteiger partial charge in [0.1, 0.15) is 0 Å². The van der Waals surface area contributed by atoms with Gasteiger partial charge >= 0.3 is 0 Å². The van der Waals surface area contributed by atoms with Crippen molar-refractivity contribution in [3.8, 4) is 0 Å². The average molecular weight is 368 g/mol. The second kappa shape index (κ2) is 9.83. The van der Waals surface area contributed by atoms with Crippen LogP contribution in [0.3, 0.4) is 0 Å². The Labute approximate surface area is 160 Å². The molecule has 3 fully saturated rings. The molecule has 4 unspecified atom stereocenters. The third kappa shape index (κ3) is 6.16. The Morgan fingerprint density at radius 2 is 1.42 bits per heavy atom. The smallest absolute Gasteiger partial charge is 0.0624 e. The summed E-state index contributed by atoms with van der Waals surface area (Å²) in [5.74, 6) is 0. The van der Waals surface area contributed by atoms with Gasteiger partial charge < -0.3 is 25.0 Å². The maximum Gasteiger partial charge on any atom is 0.0624 e. The molecule has 3 aliphatic rings. The number of hydrogen-bond donors (Lipinski definition) is 2. The largest absolute Gasteiger partial charge is 0.376 e. The standard InChI is InChI=1S/C21H41N3O2/c1-15(2)22-18-11-20(25-13-18)9-16(3)23-19-12-21(26-14-19)10-17(4)24-7-5-6-8-24/h15-23H,5-14H2,1-4H3/t16?,17?,18-,19+,20?,21?/m0/s1. The van der Waals surface area contributed by atoms with E-state index < -0.39 is 0 Å². The normalized spacial score (nSPS) is 35.4. The van der Waals surface area contributed by atoms with Crippen molar-refractivity contribution in [2.45, 2.75) is 109 Å². The van der Waals surface area contributed by atoms with Gasteiger partial charge in [0.2, 0.25) is 0 Å². The molecule has 3 saturated heterocycles. The molecular formula is C21H41N3O2. The van der Waals surface area contributed by atoms with Crippen LogP contribution in [-0.2, 0) is 9.47 Å². The van der Waals surface area contributed by atoms with Gasteiger partial charge in [0.05, 0.1) is 25.4 Å². The van der Waals surface area contributed by atoms with Crippen LogP contribution in [0, 0.1) is 0 Å². The third-order valence-corrected chi connectivity index (χ3v) is 6.23. The van der Waals surface area contributed by atoms with E-state index >= 15 is 0 Å². The molecule has 0 radical (unpaired) electrons. The molecule has 2 N–H and O–H groups in total. The Kier molecular flexibility index (Phi) is 7.76. The van der Waals surface area contributed by atoms with Crippen molar-refractivity contribution in [3.05, 3.63) is 0 Å². The molecule has 5 nitrogen and oxygen atoms in total. The zero-order valence-corrected chi connectivity index (χ0v) is 17.4. The minimum Gasteiger partial charge on any atom is -0.376 e. The maximum atomic E-state index is 6.10. The van der Waals surface area contributed by atoms with Crippen LogP contribution < -0.4 is 10.6 Å². The van der Waals surface area contributed by atoms with E-state index in [1.807, 2.05) is 0 Å². The van der Waals surface area contributed by atoms with Crippen LogP contribution in [0.25, 0.3) is 0 Å². The van der Waals surface area contributed by atoms with Crippen molar-refractivity contribution in [3.63, 3.8) is 0 Å². The van der Waals surface area contributed by atoms with Crippen molar-refractivity contribution in [1.82, 2.24) is 15.5 Å². The van der Waals surface area contributed by atoms with E-state index in [2.05, 4.69) is 43.2 Å². The van der Waals surface area contributed by atoms with Crippen LogP contribution in [0.1, 0.15) is 66.2 Å². The van der Waals surface area contributed by atoms with E-state index in [0.717, 1.165) is 32.5 Å². The fourth-order valence-electron chi connectivity index (χ4n) is 5.02. The van der Waals surface area contributed by atoms with E-state index in [9.17, 15) is 0 Å². The van der Waals surface area contributed by atoms with Crippen molar-refractivity contribution in [2.75, 3.05) is 26.3 Å². The molecule has 6 atom stereocenters. The first-order valence-electron chi connectivity index (χ1n) is 11.0. The minimum absolute atomic E-state index is 0.391. The zero-order valence-electron chi connectivity index (χ0n) is 17.4. The second-order valence-corrected chi connectivity index (χ2v) is 9.23. The van der Waals surface area contributed by atoms with Crippen molar-refractivity contribution >= 4 is 0 Å². The predicted octanol–water partition coefficient (Wildman–Crippen LogP) is 2.54. The molecule has 0 spiro atoms. The van der Waals surface area contributed by atoms with Gasteiger partial charge in [0.15, 0.2) is 0 Å². The van der Waals surface area contributed by atoms with E-state index in [1.165, 1.54) is 32.4 Å². The lowest BCUT2D eigenvalue weighted by atomic mass is 10.0. The lowest BCUT2D eigenvalue weighted by Crippen LogP contribution is -2.39. The van der Waals surface area contributed by atoms with E-state index in [4.69, 9.17) is 9.47 Å². The van der Waals surface area contributed by atoms with Crippen LogP contribution >= 0.6 is 0 Å². The predicted molar refractivity (Wildman–Crippen MR) is 107 cm³/mol. The molecule has 0 bridgehead atoms. The number of likely N-dealkylation sites (tertiary alicyclic amines) is 1. The third-order valence-electron chi connectivity index (χ3n) is 6.23. The molecule has 152 valence electrons. The van der Waals surface area contributed by atoms with Gasteiger partial charge in [-0.2, -0.15) is 0 Å². The molecule has 0 aliphatic carbocycles. The summed E-state index contributed by atoms with van der Waals surface area (Å²) in [4.78, 5) is 2.63. The highest BCUT2D eigenvalue weighted by Gasteiger charge is 2.31. The molecule has 0 aromatic heterocycles. The number of nitrogens with one attached hydrogen (secondary N) is 2. The zero-order chi connectivity index (χ0) is 18.5. The van der Waals surface area contributed by atoms with E-state index in [0.29, 0.717) is 42.4 Å². The highest BCUT2D eigenvalue weighted by molar-refractivity contribution is 4.87. The highest BCUT2D eigenvalue weighted by Crippen LogP contribution is 2.24. The van der Waals surface area contributed by atoms with E-state index in [1.54, 1.807) is 0 Å². The first-order valence-corrected chi connectivity index (χ1v) is 11.0. The molecule has 3 heterocycles. The Morgan fingerprint density at radius 3 is 2.04 bits per heavy atom. The van der Waals surface area contributed by atoms with Crippen LogP contribution in [-0.4, -0.2) is 73.6 Å². The Hall–Kier alpha value is -0.200. The second-order valence-electron chi connectivity index (χ2n) is 9.23. The van der Waals surface area contributed by atoms with Crippen molar-refractivity contribution in [2.24, 2.45) is 0 Å². The Morgan fingerprint density at radius 1 is 0.846 bits per heavy atom. The van der Waals surface area contributed by atoms with Gasteiger partial charge in [0.25, 0.3) is 0 Å². The number of nitrogens with zero attached hydrogens (tertiary/aromatic N) is 1. The van der Waals surface area contributed by atoms with E-state index in [-0.39, 0.29) is 0 Å². The number of ether oxygens (including phenoxy) is 2. The summed E-state index contributed by atoms with van der Waals surface area (Å²) in [6, 6.07) is 2.72. The van der Waals surface area contributed by atoms with Gasteiger partial charge in [-0.05, 0) is 65.5 Å². The van der Waals surface area contributed by atoms with Crippen molar-refractivity contribution in [1.29, 1.82) is 0 Å². The number of hydrogen-bond acceptors (Lipinski definition) is 5. The summed E-state index contributed by atoms with van der Waals surface area (Å²) >= 11 is 0. The Balaban J connectivity index is 1.32. The number of rotatable bonds is 9. The van der Waals surface area contributed by atoms with Gasteiger partial charge in [-0.25, -0.2) is 0 Å². The average Bonchev–Trinajstić information content (AvgIpc) is 3.29. The Bertz CT molecular complexity index is 414. The molecule has 3 aliphatic heterocycles. The summed E-state index contributed by atoms with van der Waals surface area (Å²) in [6.45, 7) is 13.4. The quantitative estimate of drug-likeness (QED) is 0.656. The lowest BCUT2D eigenvalue weighted by molar-refractivity contribution is 0.0755. The van der Waals surface area contributed by atoms with Crippen molar-refractivity contribution < 1.29 is 9.47 Å². The summed E-state index contributed by atoms with van der Waals surface area (Å²) in [7, 11) is 0. The summed E-state index contributed by atoms with van der Waals surface area (Å²) in [5, 5.41) is 7.39. The fourth-order valence-corrected chi connectivity index (χ4v) is 5.02. The minimum atomic E-state index is 0.391.